The highest BCUT2D eigenvalue weighted by molar-refractivity contribution is 5.96. The Bertz CT molecular complexity index is 527. The second-order valence-corrected chi connectivity index (χ2v) is 5.09. The Morgan fingerprint density at radius 1 is 1.43 bits per heavy atom. The molecule has 0 atom stereocenters. The quantitative estimate of drug-likeness (QED) is 0.614. The fourth-order valence-corrected chi connectivity index (χ4v) is 2.44. The fourth-order valence-electron chi connectivity index (χ4n) is 2.44. The summed E-state index contributed by atoms with van der Waals surface area (Å²) in [7, 11) is 0. The molecule has 0 spiro atoms. The number of nitrogens with two attached hydrogens (primary N) is 1. The number of amides is 1. The van der Waals surface area contributed by atoms with Gasteiger partial charge in [0.15, 0.2) is 0 Å². The average Bonchev–Trinajstić information content (AvgIpc) is 3.03. The molecule has 1 aromatic heterocycles. The van der Waals surface area contributed by atoms with E-state index in [0.717, 1.165) is 13.0 Å². The highest BCUT2D eigenvalue weighted by Gasteiger charge is 2.12. The van der Waals surface area contributed by atoms with E-state index in [4.69, 9.17) is 5.73 Å². The predicted molar refractivity (Wildman–Crippen MR) is 82.8 cm³/mol. The molecule has 0 aliphatic carbocycles. The molecule has 2 rings (SSSR count). The highest BCUT2D eigenvalue weighted by Crippen LogP contribution is 2.07. The summed E-state index contributed by atoms with van der Waals surface area (Å²) in [5.74, 6) is 5.54. The summed E-state index contributed by atoms with van der Waals surface area (Å²) in [6.45, 7) is 4.39. The summed E-state index contributed by atoms with van der Waals surface area (Å²) in [6, 6.07) is 1.69. The first kappa shape index (κ1) is 15.5. The lowest BCUT2D eigenvalue weighted by Crippen LogP contribution is -2.29. The van der Waals surface area contributed by atoms with Gasteiger partial charge in [-0.2, -0.15) is 0 Å². The Labute approximate surface area is 125 Å². The maximum Gasteiger partial charge on any atom is 0.252 e. The first-order valence-electron chi connectivity index (χ1n) is 7.45. The first-order chi connectivity index (χ1) is 10.3. The van der Waals surface area contributed by atoms with Crippen molar-refractivity contribution in [3.8, 4) is 11.8 Å². The Hall–Kier alpha value is -1.90. The van der Waals surface area contributed by atoms with Crippen LogP contribution in [0.1, 0.15) is 35.2 Å². The van der Waals surface area contributed by atoms with E-state index >= 15 is 0 Å². The number of carbonyl (C=O) groups is 1. The molecule has 1 aliphatic heterocycles. The van der Waals surface area contributed by atoms with Gasteiger partial charge in [-0.15, -0.1) is 0 Å². The molecule has 2 heterocycles. The second-order valence-electron chi connectivity index (χ2n) is 5.09. The van der Waals surface area contributed by atoms with E-state index in [-0.39, 0.29) is 12.5 Å². The van der Waals surface area contributed by atoms with Gasteiger partial charge in [-0.05, 0) is 45.0 Å². The topological polar surface area (TPSA) is 71.2 Å². The van der Waals surface area contributed by atoms with Crippen LogP contribution >= 0.6 is 0 Å². The molecule has 0 unspecified atom stereocenters. The van der Waals surface area contributed by atoms with Gasteiger partial charge in [-0.25, -0.2) is 0 Å². The van der Waals surface area contributed by atoms with Crippen LogP contribution in [-0.4, -0.2) is 48.5 Å². The van der Waals surface area contributed by atoms with Crippen LogP contribution in [0.3, 0.4) is 0 Å². The normalized spacial score (nSPS) is 14.5. The Balaban J connectivity index is 1.82. The van der Waals surface area contributed by atoms with Crippen LogP contribution in [0.15, 0.2) is 18.5 Å². The molecule has 21 heavy (non-hydrogen) atoms. The lowest BCUT2D eigenvalue weighted by atomic mass is 10.1. The van der Waals surface area contributed by atoms with Gasteiger partial charge in [0.25, 0.3) is 5.91 Å². The number of pyridine rings is 1. The van der Waals surface area contributed by atoms with Gasteiger partial charge < -0.3 is 16.0 Å². The van der Waals surface area contributed by atoms with Crippen LogP contribution in [0.5, 0.6) is 0 Å². The number of carbonyl (C=O) groups excluding carboxylic acids is 1. The summed E-state index contributed by atoms with van der Waals surface area (Å²) in [4.78, 5) is 18.6. The van der Waals surface area contributed by atoms with Crippen LogP contribution < -0.4 is 11.1 Å². The molecule has 5 nitrogen and oxygen atoms in total. The van der Waals surface area contributed by atoms with Crippen LogP contribution in [0, 0.1) is 11.8 Å². The van der Waals surface area contributed by atoms with Gasteiger partial charge in [0.1, 0.15) is 0 Å². The summed E-state index contributed by atoms with van der Waals surface area (Å²) >= 11 is 0. The zero-order valence-corrected chi connectivity index (χ0v) is 12.3. The van der Waals surface area contributed by atoms with Crippen molar-refractivity contribution < 1.29 is 4.79 Å². The fraction of sp³-hybridized carbons (Fsp3) is 0.500. The molecule has 0 radical (unpaired) electrons. The number of rotatable bonds is 5. The van der Waals surface area contributed by atoms with Crippen LogP contribution in [0.2, 0.25) is 0 Å². The first-order valence-corrected chi connectivity index (χ1v) is 7.45. The van der Waals surface area contributed by atoms with Gasteiger partial charge in [-0.1, -0.05) is 11.8 Å². The molecule has 1 aromatic rings. The summed E-state index contributed by atoms with van der Waals surface area (Å²) in [6.07, 6.45) is 6.77. The van der Waals surface area contributed by atoms with E-state index in [2.05, 4.69) is 27.0 Å². The lowest BCUT2D eigenvalue weighted by Gasteiger charge is -2.14. The SMILES string of the molecule is NCC#Cc1cnccc1C(=O)NCCCN1CCCC1. The van der Waals surface area contributed by atoms with Gasteiger partial charge in [0.05, 0.1) is 17.7 Å². The van der Waals surface area contributed by atoms with Crippen molar-refractivity contribution in [1.29, 1.82) is 0 Å². The lowest BCUT2D eigenvalue weighted by molar-refractivity contribution is 0.0951. The predicted octanol–water partition coefficient (Wildman–Crippen LogP) is 0.607. The maximum atomic E-state index is 12.2. The van der Waals surface area contributed by atoms with E-state index in [1.807, 2.05) is 0 Å². The van der Waals surface area contributed by atoms with Gasteiger partial charge in [0.2, 0.25) is 0 Å². The molecule has 3 N–H and O–H groups in total. The Morgan fingerprint density at radius 2 is 2.24 bits per heavy atom. The van der Waals surface area contributed by atoms with Gasteiger partial charge in [0, 0.05) is 18.9 Å². The van der Waals surface area contributed by atoms with Crippen LogP contribution in [0.4, 0.5) is 0 Å². The summed E-state index contributed by atoms with van der Waals surface area (Å²) in [5.41, 5.74) is 6.55. The van der Waals surface area contributed by atoms with E-state index in [9.17, 15) is 4.79 Å². The zero-order valence-electron chi connectivity index (χ0n) is 12.3. The largest absolute Gasteiger partial charge is 0.352 e. The summed E-state index contributed by atoms with van der Waals surface area (Å²) < 4.78 is 0. The van der Waals surface area contributed by atoms with E-state index in [1.54, 1.807) is 18.5 Å². The Kier molecular flexibility index (Phi) is 6.20. The van der Waals surface area contributed by atoms with Crippen molar-refractivity contribution in [2.24, 2.45) is 5.73 Å². The maximum absolute atomic E-state index is 12.2. The third kappa shape index (κ3) is 4.85. The number of hydrogen-bond acceptors (Lipinski definition) is 4. The number of aromatic nitrogens is 1. The number of nitrogens with one attached hydrogen (secondary N) is 1. The second kappa shape index (κ2) is 8.40. The van der Waals surface area contributed by atoms with Crippen molar-refractivity contribution in [3.05, 3.63) is 29.6 Å². The summed E-state index contributed by atoms with van der Waals surface area (Å²) in [5, 5.41) is 2.95. The number of likely N-dealkylation sites (tertiary alicyclic amines) is 1. The monoisotopic (exact) mass is 286 g/mol. The Morgan fingerprint density at radius 3 is 3.00 bits per heavy atom. The van der Waals surface area contributed by atoms with Gasteiger partial charge in [-0.3, -0.25) is 9.78 Å². The van der Waals surface area contributed by atoms with Crippen molar-refractivity contribution in [1.82, 2.24) is 15.2 Å². The number of nitrogens with zero attached hydrogens (tertiary/aromatic N) is 2. The molecule has 0 saturated carbocycles. The third-order valence-electron chi connectivity index (χ3n) is 3.53. The molecule has 0 aromatic carbocycles. The smallest absolute Gasteiger partial charge is 0.252 e. The van der Waals surface area contributed by atoms with Crippen molar-refractivity contribution in [2.45, 2.75) is 19.3 Å². The minimum absolute atomic E-state index is 0.0971. The molecule has 1 saturated heterocycles. The molecular formula is C16H22N4O. The molecule has 112 valence electrons. The molecule has 1 amide bonds. The van der Waals surface area contributed by atoms with Gasteiger partial charge >= 0.3 is 0 Å². The minimum Gasteiger partial charge on any atom is -0.352 e. The van der Waals surface area contributed by atoms with Crippen LogP contribution in [0.25, 0.3) is 0 Å². The van der Waals surface area contributed by atoms with Crippen molar-refractivity contribution in [2.75, 3.05) is 32.7 Å². The van der Waals surface area contributed by atoms with E-state index < -0.39 is 0 Å². The van der Waals surface area contributed by atoms with E-state index in [1.165, 1.54) is 25.9 Å². The molecular weight excluding hydrogens is 264 g/mol. The molecule has 5 heteroatoms. The number of hydrogen-bond donors (Lipinski definition) is 2. The van der Waals surface area contributed by atoms with Crippen molar-refractivity contribution in [3.63, 3.8) is 0 Å². The molecule has 1 fully saturated rings. The van der Waals surface area contributed by atoms with E-state index in [0.29, 0.717) is 17.7 Å². The minimum atomic E-state index is -0.0971. The molecule has 1 aliphatic rings. The standard InChI is InChI=1S/C16H22N4O/c17-7-3-5-14-13-18-9-6-15(14)16(21)19-8-4-12-20-10-1-2-11-20/h6,9,13H,1-2,4,7-8,10-12,17H2,(H,19,21). The van der Waals surface area contributed by atoms with Crippen molar-refractivity contribution >= 4 is 5.91 Å². The third-order valence-corrected chi connectivity index (χ3v) is 3.53. The molecule has 0 bridgehead atoms. The average molecular weight is 286 g/mol. The highest BCUT2D eigenvalue weighted by atomic mass is 16.1. The zero-order chi connectivity index (χ0) is 14.9. The van der Waals surface area contributed by atoms with Crippen LogP contribution in [-0.2, 0) is 0 Å².